The van der Waals surface area contributed by atoms with Crippen molar-refractivity contribution in [3.05, 3.63) is 29.3 Å². The second-order valence-corrected chi connectivity index (χ2v) is 5.62. The molecule has 0 N–H and O–H groups in total. The van der Waals surface area contributed by atoms with E-state index in [0.29, 0.717) is 12.1 Å². The van der Waals surface area contributed by atoms with Crippen LogP contribution in [0.25, 0.3) is 0 Å². The Kier molecular flexibility index (Phi) is 4.62. The van der Waals surface area contributed by atoms with Gasteiger partial charge in [0.2, 0.25) is 0 Å². The Balaban J connectivity index is 3.60. The van der Waals surface area contributed by atoms with Gasteiger partial charge in [-0.1, -0.05) is 0 Å². The van der Waals surface area contributed by atoms with Gasteiger partial charge in [0.25, 0.3) is 9.84 Å². The predicted octanol–water partition coefficient (Wildman–Crippen LogP) is 1.55. The smallest absolute Gasteiger partial charge is 0.465 e. The topological polar surface area (TPSA) is 86.7 Å². The number of hydrogen-bond acceptors (Lipinski definition) is 6. The summed E-state index contributed by atoms with van der Waals surface area (Å²) in [6.07, 6.45) is 0. The number of methoxy groups -OCH3 is 2. The Bertz CT molecular complexity index is 643. The van der Waals surface area contributed by atoms with Crippen molar-refractivity contribution in [3.63, 3.8) is 0 Å². The average Bonchev–Trinajstić information content (AvgIpc) is 2.43. The molecule has 1 rings (SSSR count). The molecule has 0 fully saturated rings. The van der Waals surface area contributed by atoms with Gasteiger partial charge in [0, 0.05) is 0 Å². The van der Waals surface area contributed by atoms with Crippen molar-refractivity contribution in [2.45, 2.75) is 10.4 Å². The number of carbonyl (C=O) groups excluding carboxylic acids is 2. The normalized spacial score (nSPS) is 11.9. The maximum absolute atomic E-state index is 12.5. The number of carbonyl (C=O) groups is 2. The number of esters is 2. The minimum absolute atomic E-state index is 0.473. The molecular weight excluding hydrogens is 317 g/mol. The third-order valence-corrected chi connectivity index (χ3v) is 3.83. The van der Waals surface area contributed by atoms with Crippen LogP contribution < -0.4 is 0 Å². The minimum atomic E-state index is -5.72. The lowest BCUT2D eigenvalue weighted by Gasteiger charge is -2.11. The molecule has 0 aliphatic rings. The second kappa shape index (κ2) is 5.72. The van der Waals surface area contributed by atoms with E-state index in [1.165, 1.54) is 0 Å². The van der Waals surface area contributed by atoms with Crippen molar-refractivity contribution in [2.24, 2.45) is 0 Å². The molecule has 0 unspecified atom stereocenters. The molecule has 0 heterocycles. The van der Waals surface area contributed by atoms with Gasteiger partial charge in [-0.2, -0.15) is 13.2 Å². The van der Waals surface area contributed by atoms with Crippen molar-refractivity contribution in [1.82, 2.24) is 0 Å². The largest absolute Gasteiger partial charge is 0.501 e. The number of sulfone groups is 1. The quantitative estimate of drug-likeness (QED) is 0.783. The monoisotopic (exact) mass is 326 g/mol. The summed E-state index contributed by atoms with van der Waals surface area (Å²) in [5, 5.41) is 0. The van der Waals surface area contributed by atoms with Gasteiger partial charge in [0.1, 0.15) is 0 Å². The summed E-state index contributed by atoms with van der Waals surface area (Å²) in [6.45, 7) is 0. The van der Waals surface area contributed by atoms with E-state index in [-0.39, 0.29) is 0 Å². The highest BCUT2D eigenvalue weighted by Crippen LogP contribution is 2.31. The third kappa shape index (κ3) is 3.32. The lowest BCUT2D eigenvalue weighted by Crippen LogP contribution is -2.24. The van der Waals surface area contributed by atoms with Gasteiger partial charge in [-0.05, 0) is 18.2 Å². The van der Waals surface area contributed by atoms with E-state index < -0.39 is 43.3 Å². The summed E-state index contributed by atoms with van der Waals surface area (Å²) >= 11 is 0. The van der Waals surface area contributed by atoms with Gasteiger partial charge in [0.05, 0.1) is 30.2 Å². The lowest BCUT2D eigenvalue weighted by molar-refractivity contribution is -0.0436. The molecule has 1 aromatic carbocycles. The number of hydrogen-bond donors (Lipinski definition) is 0. The summed E-state index contributed by atoms with van der Waals surface area (Å²) < 4.78 is 68.9. The third-order valence-electron chi connectivity index (χ3n) is 2.36. The Morgan fingerprint density at radius 3 is 1.62 bits per heavy atom. The van der Waals surface area contributed by atoms with Gasteiger partial charge in [-0.25, -0.2) is 18.0 Å². The molecule has 0 atom stereocenters. The molecule has 1 aromatic rings. The minimum Gasteiger partial charge on any atom is -0.465 e. The summed E-state index contributed by atoms with van der Waals surface area (Å²) in [6, 6.07) is 1.81. The molecule has 0 spiro atoms. The molecule has 0 aliphatic heterocycles. The summed E-state index contributed by atoms with van der Waals surface area (Å²) in [7, 11) is -3.82. The Labute approximate surface area is 117 Å². The Hall–Kier alpha value is -2.10. The first kappa shape index (κ1) is 17.0. The van der Waals surface area contributed by atoms with E-state index in [0.717, 1.165) is 20.3 Å². The van der Waals surface area contributed by atoms with Crippen LogP contribution in [0.15, 0.2) is 23.1 Å². The molecule has 0 bridgehead atoms. The van der Waals surface area contributed by atoms with E-state index in [1.807, 2.05) is 0 Å². The predicted molar refractivity (Wildman–Crippen MR) is 62.4 cm³/mol. The Morgan fingerprint density at radius 1 is 0.952 bits per heavy atom. The standard InChI is InChI=1S/C11H9F3O6S/c1-19-9(15)6-3-7(10(16)20-2)5-8(4-6)21(17,18)11(12,13)14/h3-5H,1-2H3. The van der Waals surface area contributed by atoms with Crippen LogP contribution in [0.3, 0.4) is 0 Å². The first-order chi connectivity index (χ1) is 9.54. The fourth-order valence-electron chi connectivity index (χ4n) is 1.36. The molecule has 0 radical (unpaired) electrons. The first-order valence-electron chi connectivity index (χ1n) is 5.17. The summed E-state index contributed by atoms with van der Waals surface area (Å²) in [4.78, 5) is 21.5. The van der Waals surface area contributed by atoms with Gasteiger partial charge in [-0.3, -0.25) is 0 Å². The molecule has 0 amide bonds. The molecule has 10 heteroatoms. The maximum atomic E-state index is 12.5. The first-order valence-corrected chi connectivity index (χ1v) is 6.66. The fourth-order valence-corrected chi connectivity index (χ4v) is 2.19. The van der Waals surface area contributed by atoms with Crippen LogP contribution in [0.4, 0.5) is 13.2 Å². The SMILES string of the molecule is COC(=O)c1cc(C(=O)OC)cc(S(=O)(=O)C(F)(F)F)c1. The van der Waals surface area contributed by atoms with Crippen LogP contribution >= 0.6 is 0 Å². The van der Waals surface area contributed by atoms with Crippen molar-refractivity contribution >= 4 is 21.8 Å². The van der Waals surface area contributed by atoms with Crippen molar-refractivity contribution in [2.75, 3.05) is 14.2 Å². The van der Waals surface area contributed by atoms with Gasteiger partial charge in [-0.15, -0.1) is 0 Å². The molecular formula is C11H9F3O6S. The van der Waals surface area contributed by atoms with Gasteiger partial charge < -0.3 is 9.47 Å². The number of benzene rings is 1. The highest BCUT2D eigenvalue weighted by Gasteiger charge is 2.47. The van der Waals surface area contributed by atoms with Crippen molar-refractivity contribution in [1.29, 1.82) is 0 Å². The van der Waals surface area contributed by atoms with Crippen LogP contribution in [-0.2, 0) is 19.3 Å². The average molecular weight is 326 g/mol. The Morgan fingerprint density at radius 2 is 1.33 bits per heavy atom. The molecule has 116 valence electrons. The molecule has 21 heavy (non-hydrogen) atoms. The zero-order valence-electron chi connectivity index (χ0n) is 10.7. The van der Waals surface area contributed by atoms with E-state index in [4.69, 9.17) is 0 Å². The number of rotatable bonds is 3. The van der Waals surface area contributed by atoms with E-state index in [9.17, 15) is 31.2 Å². The summed E-state index contributed by atoms with van der Waals surface area (Å²) in [5.74, 6) is -2.20. The molecule has 0 aliphatic carbocycles. The van der Waals surface area contributed by atoms with Crippen molar-refractivity contribution < 1.29 is 40.7 Å². The lowest BCUT2D eigenvalue weighted by atomic mass is 10.1. The fraction of sp³-hybridized carbons (Fsp3) is 0.273. The van der Waals surface area contributed by atoms with E-state index in [2.05, 4.69) is 9.47 Å². The van der Waals surface area contributed by atoms with Crippen LogP contribution in [-0.4, -0.2) is 40.1 Å². The highest BCUT2D eigenvalue weighted by molar-refractivity contribution is 7.92. The molecule has 0 saturated carbocycles. The van der Waals surface area contributed by atoms with E-state index >= 15 is 0 Å². The van der Waals surface area contributed by atoms with Gasteiger partial charge >= 0.3 is 17.4 Å². The highest BCUT2D eigenvalue weighted by atomic mass is 32.2. The number of ether oxygens (including phenoxy) is 2. The van der Waals surface area contributed by atoms with Crippen LogP contribution in [0.1, 0.15) is 20.7 Å². The molecule has 0 saturated heterocycles. The van der Waals surface area contributed by atoms with Crippen LogP contribution in [0.5, 0.6) is 0 Å². The number of halogens is 3. The number of alkyl halides is 3. The zero-order valence-corrected chi connectivity index (χ0v) is 11.5. The maximum Gasteiger partial charge on any atom is 0.501 e. The summed E-state index contributed by atoms with van der Waals surface area (Å²) in [5.41, 5.74) is -6.62. The van der Waals surface area contributed by atoms with E-state index in [1.54, 1.807) is 0 Å². The van der Waals surface area contributed by atoms with Crippen LogP contribution in [0, 0.1) is 0 Å². The zero-order chi connectivity index (χ0) is 16.4. The second-order valence-electron chi connectivity index (χ2n) is 3.68. The van der Waals surface area contributed by atoms with Gasteiger partial charge in [0.15, 0.2) is 0 Å². The van der Waals surface area contributed by atoms with Crippen LogP contribution in [0.2, 0.25) is 0 Å². The van der Waals surface area contributed by atoms with Crippen molar-refractivity contribution in [3.8, 4) is 0 Å². The molecule has 0 aromatic heterocycles. The molecule has 6 nitrogen and oxygen atoms in total.